The number of imidazole rings is 1. The van der Waals surface area contributed by atoms with Gasteiger partial charge in [-0.3, -0.25) is 4.79 Å². The van der Waals surface area contributed by atoms with Crippen molar-refractivity contribution in [1.82, 2.24) is 35.0 Å². The maximum Gasteiger partial charge on any atom is 0.292 e. The fourth-order valence-corrected chi connectivity index (χ4v) is 2.88. The van der Waals surface area contributed by atoms with Crippen LogP contribution in [0, 0.1) is 6.92 Å². The van der Waals surface area contributed by atoms with Crippen molar-refractivity contribution >= 4 is 11.6 Å². The van der Waals surface area contributed by atoms with Crippen LogP contribution in [0.15, 0.2) is 41.4 Å². The predicted molar refractivity (Wildman–Crippen MR) is 105 cm³/mol. The van der Waals surface area contributed by atoms with Crippen LogP contribution in [0.3, 0.4) is 0 Å². The summed E-state index contributed by atoms with van der Waals surface area (Å²) < 4.78 is 6.86. The van der Waals surface area contributed by atoms with Crippen LogP contribution in [0.1, 0.15) is 48.4 Å². The summed E-state index contributed by atoms with van der Waals surface area (Å²) in [6.45, 7) is 8.18. The van der Waals surface area contributed by atoms with Gasteiger partial charge in [-0.05, 0) is 24.1 Å². The van der Waals surface area contributed by atoms with Crippen molar-refractivity contribution in [1.29, 1.82) is 0 Å². The lowest BCUT2D eigenvalue weighted by Crippen LogP contribution is -2.24. The Labute approximate surface area is 167 Å². The molecule has 0 saturated carbocycles. The van der Waals surface area contributed by atoms with Crippen molar-refractivity contribution in [3.63, 3.8) is 0 Å². The SMILES string of the molecule is Cc1cc(-c2ncnn3ccnc23)ccc1CNC(=O)c1noc(C(C)(C)C)n1. The lowest BCUT2D eigenvalue weighted by Gasteiger charge is -2.10. The number of hydrogen-bond donors (Lipinski definition) is 1. The largest absolute Gasteiger partial charge is 0.345 e. The van der Waals surface area contributed by atoms with Gasteiger partial charge >= 0.3 is 0 Å². The number of aryl methyl sites for hydroxylation is 1. The second-order valence-electron chi connectivity index (χ2n) is 7.80. The summed E-state index contributed by atoms with van der Waals surface area (Å²) in [5.74, 6) is 0.0906. The van der Waals surface area contributed by atoms with Gasteiger partial charge in [0, 0.05) is 29.9 Å². The van der Waals surface area contributed by atoms with Gasteiger partial charge in [-0.25, -0.2) is 14.5 Å². The Hall–Kier alpha value is -3.62. The molecule has 1 N–H and O–H groups in total. The van der Waals surface area contributed by atoms with Crippen LogP contribution < -0.4 is 5.32 Å². The van der Waals surface area contributed by atoms with Crippen LogP contribution >= 0.6 is 0 Å². The van der Waals surface area contributed by atoms with Gasteiger partial charge in [0.15, 0.2) is 5.65 Å². The van der Waals surface area contributed by atoms with Crippen molar-refractivity contribution in [3.05, 3.63) is 59.8 Å². The first-order valence-electron chi connectivity index (χ1n) is 9.19. The second-order valence-corrected chi connectivity index (χ2v) is 7.80. The lowest BCUT2D eigenvalue weighted by molar-refractivity contribution is 0.0937. The van der Waals surface area contributed by atoms with E-state index in [1.807, 2.05) is 45.9 Å². The molecule has 0 aliphatic rings. The molecule has 0 aliphatic heterocycles. The maximum atomic E-state index is 12.4. The standard InChI is InChI=1S/C20H21N7O2/c1-12-9-13(15-17-21-7-8-27(17)24-11-23-15)5-6-14(12)10-22-18(28)16-25-19(29-26-16)20(2,3)4/h5-9,11H,10H2,1-4H3,(H,22,28). The van der Waals surface area contributed by atoms with Crippen LogP contribution in [0.25, 0.3) is 16.9 Å². The number of amides is 1. The molecule has 0 bridgehead atoms. The average Bonchev–Trinajstić information content (AvgIpc) is 3.35. The minimum absolute atomic E-state index is 0.0342. The van der Waals surface area contributed by atoms with Crippen molar-refractivity contribution in [3.8, 4) is 11.3 Å². The number of nitrogens with zero attached hydrogens (tertiary/aromatic N) is 6. The molecule has 148 valence electrons. The van der Waals surface area contributed by atoms with E-state index in [4.69, 9.17) is 4.52 Å². The Morgan fingerprint density at radius 1 is 1.24 bits per heavy atom. The molecule has 0 atom stereocenters. The molecule has 9 heteroatoms. The molecule has 3 aromatic heterocycles. The summed E-state index contributed by atoms with van der Waals surface area (Å²) in [7, 11) is 0. The lowest BCUT2D eigenvalue weighted by atomic mass is 9.97. The number of hydrogen-bond acceptors (Lipinski definition) is 7. The molecule has 3 heterocycles. The zero-order valence-corrected chi connectivity index (χ0v) is 16.7. The molecule has 4 rings (SSSR count). The minimum Gasteiger partial charge on any atom is -0.345 e. The molecule has 1 amide bonds. The fourth-order valence-electron chi connectivity index (χ4n) is 2.88. The molecule has 4 aromatic rings. The van der Waals surface area contributed by atoms with Gasteiger partial charge in [-0.1, -0.05) is 38.1 Å². The summed E-state index contributed by atoms with van der Waals surface area (Å²) in [5, 5.41) is 10.8. The number of fused-ring (bicyclic) bond motifs is 1. The first-order chi connectivity index (χ1) is 13.8. The topological polar surface area (TPSA) is 111 Å². The summed E-state index contributed by atoms with van der Waals surface area (Å²) in [6.07, 6.45) is 4.97. The summed E-state index contributed by atoms with van der Waals surface area (Å²) in [6, 6.07) is 5.94. The molecular formula is C20H21N7O2. The number of benzene rings is 1. The van der Waals surface area contributed by atoms with E-state index in [-0.39, 0.29) is 17.1 Å². The number of nitrogens with one attached hydrogen (secondary N) is 1. The smallest absolute Gasteiger partial charge is 0.292 e. The monoisotopic (exact) mass is 391 g/mol. The van der Waals surface area contributed by atoms with Crippen molar-refractivity contribution in [2.45, 2.75) is 39.7 Å². The molecule has 0 radical (unpaired) electrons. The van der Waals surface area contributed by atoms with Crippen molar-refractivity contribution in [2.75, 3.05) is 0 Å². The summed E-state index contributed by atoms with van der Waals surface area (Å²) in [4.78, 5) is 25.2. The highest BCUT2D eigenvalue weighted by Crippen LogP contribution is 2.23. The maximum absolute atomic E-state index is 12.4. The highest BCUT2D eigenvalue weighted by molar-refractivity contribution is 5.90. The van der Waals surface area contributed by atoms with Crippen LogP contribution in [-0.4, -0.2) is 35.6 Å². The molecule has 9 nitrogen and oxygen atoms in total. The van der Waals surface area contributed by atoms with E-state index in [9.17, 15) is 4.79 Å². The van der Waals surface area contributed by atoms with Gasteiger partial charge in [0.25, 0.3) is 11.7 Å². The van der Waals surface area contributed by atoms with Crippen LogP contribution in [-0.2, 0) is 12.0 Å². The highest BCUT2D eigenvalue weighted by atomic mass is 16.5. The van der Waals surface area contributed by atoms with Gasteiger partial charge < -0.3 is 9.84 Å². The minimum atomic E-state index is -0.373. The average molecular weight is 391 g/mol. The zero-order valence-electron chi connectivity index (χ0n) is 16.7. The molecule has 0 saturated heterocycles. The Morgan fingerprint density at radius 2 is 2.07 bits per heavy atom. The molecule has 0 fully saturated rings. The number of carbonyl (C=O) groups excluding carboxylic acids is 1. The number of aromatic nitrogens is 6. The Balaban J connectivity index is 1.50. The van der Waals surface area contributed by atoms with Gasteiger partial charge in [0.05, 0.1) is 0 Å². The summed E-state index contributed by atoms with van der Waals surface area (Å²) in [5.41, 5.74) is 4.08. The molecule has 0 unspecified atom stereocenters. The van der Waals surface area contributed by atoms with E-state index in [0.29, 0.717) is 18.1 Å². The number of carbonyl (C=O) groups is 1. The van der Waals surface area contributed by atoms with E-state index in [0.717, 1.165) is 22.4 Å². The number of rotatable bonds is 4. The van der Waals surface area contributed by atoms with E-state index < -0.39 is 0 Å². The fraction of sp³-hybridized carbons (Fsp3) is 0.300. The second kappa shape index (κ2) is 7.08. The zero-order chi connectivity index (χ0) is 20.6. The Kier molecular flexibility index (Phi) is 4.57. The molecule has 29 heavy (non-hydrogen) atoms. The quantitative estimate of drug-likeness (QED) is 0.569. The van der Waals surface area contributed by atoms with Gasteiger partial charge in [-0.15, -0.1) is 0 Å². The van der Waals surface area contributed by atoms with Gasteiger partial charge in [0.1, 0.15) is 12.0 Å². The van der Waals surface area contributed by atoms with E-state index in [1.54, 1.807) is 16.9 Å². The molecule has 1 aromatic carbocycles. The van der Waals surface area contributed by atoms with Gasteiger partial charge in [-0.2, -0.15) is 10.1 Å². The van der Waals surface area contributed by atoms with Crippen LogP contribution in [0.5, 0.6) is 0 Å². The third kappa shape index (κ3) is 3.71. The first kappa shape index (κ1) is 18.7. The van der Waals surface area contributed by atoms with Crippen LogP contribution in [0.4, 0.5) is 0 Å². The third-order valence-corrected chi connectivity index (χ3v) is 4.52. The van der Waals surface area contributed by atoms with Crippen LogP contribution in [0.2, 0.25) is 0 Å². The predicted octanol–water partition coefficient (Wildman–Crippen LogP) is 2.71. The van der Waals surface area contributed by atoms with Crippen molar-refractivity contribution < 1.29 is 9.32 Å². The summed E-state index contributed by atoms with van der Waals surface area (Å²) >= 11 is 0. The first-order valence-corrected chi connectivity index (χ1v) is 9.19. The van der Waals surface area contributed by atoms with Gasteiger partial charge in [0.2, 0.25) is 5.89 Å². The van der Waals surface area contributed by atoms with E-state index in [1.165, 1.54) is 6.33 Å². The normalized spacial score (nSPS) is 11.7. The third-order valence-electron chi connectivity index (χ3n) is 4.52. The van der Waals surface area contributed by atoms with E-state index in [2.05, 4.69) is 30.5 Å². The Morgan fingerprint density at radius 3 is 2.79 bits per heavy atom. The molecule has 0 aliphatic carbocycles. The Bertz CT molecular complexity index is 1190. The highest BCUT2D eigenvalue weighted by Gasteiger charge is 2.24. The molecular weight excluding hydrogens is 370 g/mol. The molecule has 0 spiro atoms. The van der Waals surface area contributed by atoms with E-state index >= 15 is 0 Å². The van der Waals surface area contributed by atoms with Crippen molar-refractivity contribution in [2.24, 2.45) is 0 Å².